The summed E-state index contributed by atoms with van der Waals surface area (Å²) in [6, 6.07) is 5.37. The second-order valence-corrected chi connectivity index (χ2v) is 3.87. The van der Waals surface area contributed by atoms with E-state index in [-0.39, 0.29) is 10.6 Å². The SMILES string of the molecule is Cc1[nH]c2c(Br)cccc2c1[N+](=O)[O-]. The summed E-state index contributed by atoms with van der Waals surface area (Å²) in [7, 11) is 0. The molecule has 72 valence electrons. The van der Waals surface area contributed by atoms with Crippen molar-refractivity contribution < 1.29 is 4.92 Å². The number of nitrogens with zero attached hydrogens (tertiary/aromatic N) is 1. The van der Waals surface area contributed by atoms with E-state index in [1.165, 1.54) is 0 Å². The number of hydrogen-bond donors (Lipinski definition) is 1. The summed E-state index contributed by atoms with van der Waals surface area (Å²) in [5, 5.41) is 11.4. The zero-order valence-corrected chi connectivity index (χ0v) is 8.96. The smallest absolute Gasteiger partial charge is 0.297 e. The van der Waals surface area contributed by atoms with Gasteiger partial charge in [0.2, 0.25) is 0 Å². The summed E-state index contributed by atoms with van der Waals surface area (Å²) < 4.78 is 0.839. The van der Waals surface area contributed by atoms with Crippen molar-refractivity contribution >= 4 is 32.5 Å². The number of nitro groups is 1. The van der Waals surface area contributed by atoms with Crippen LogP contribution in [-0.4, -0.2) is 9.91 Å². The van der Waals surface area contributed by atoms with Crippen LogP contribution in [-0.2, 0) is 0 Å². The largest absolute Gasteiger partial charge is 0.352 e. The average molecular weight is 255 g/mol. The Labute approximate surface area is 88.2 Å². The number of aromatic amines is 1. The number of para-hydroxylation sites is 1. The normalized spacial score (nSPS) is 10.7. The Kier molecular flexibility index (Phi) is 2.03. The van der Waals surface area contributed by atoms with Gasteiger partial charge in [0.15, 0.2) is 0 Å². The van der Waals surface area contributed by atoms with Crippen molar-refractivity contribution in [1.29, 1.82) is 0 Å². The first-order valence-electron chi connectivity index (χ1n) is 4.02. The molecule has 14 heavy (non-hydrogen) atoms. The van der Waals surface area contributed by atoms with Crippen molar-refractivity contribution in [3.8, 4) is 0 Å². The summed E-state index contributed by atoms with van der Waals surface area (Å²) in [6.45, 7) is 1.70. The highest BCUT2D eigenvalue weighted by atomic mass is 79.9. The summed E-state index contributed by atoms with van der Waals surface area (Å²) >= 11 is 3.34. The molecule has 0 aliphatic rings. The van der Waals surface area contributed by atoms with Crippen molar-refractivity contribution in [3.05, 3.63) is 38.5 Å². The molecule has 0 spiro atoms. The number of aryl methyl sites for hydroxylation is 1. The number of nitrogens with one attached hydrogen (secondary N) is 1. The Morgan fingerprint density at radius 1 is 1.50 bits per heavy atom. The number of hydrogen-bond acceptors (Lipinski definition) is 2. The minimum atomic E-state index is -0.361. The summed E-state index contributed by atoms with van der Waals surface area (Å²) in [5.74, 6) is 0. The van der Waals surface area contributed by atoms with Gasteiger partial charge in [0.25, 0.3) is 5.69 Å². The van der Waals surface area contributed by atoms with Crippen LogP contribution in [0.25, 0.3) is 10.9 Å². The molecule has 1 heterocycles. The number of benzene rings is 1. The third-order valence-electron chi connectivity index (χ3n) is 2.12. The molecule has 0 saturated heterocycles. The average Bonchev–Trinajstić information content (AvgIpc) is 2.42. The highest BCUT2D eigenvalue weighted by molar-refractivity contribution is 9.10. The lowest BCUT2D eigenvalue weighted by atomic mass is 10.2. The molecular formula is C9H7BrN2O2. The van der Waals surface area contributed by atoms with E-state index < -0.39 is 0 Å². The summed E-state index contributed by atoms with van der Waals surface area (Å²) in [6.07, 6.45) is 0. The van der Waals surface area contributed by atoms with Crippen LogP contribution in [0.1, 0.15) is 5.69 Å². The van der Waals surface area contributed by atoms with Gasteiger partial charge in [-0.1, -0.05) is 6.07 Å². The highest BCUT2D eigenvalue weighted by Gasteiger charge is 2.19. The zero-order valence-electron chi connectivity index (χ0n) is 7.37. The molecule has 0 radical (unpaired) electrons. The van der Waals surface area contributed by atoms with Gasteiger partial charge < -0.3 is 4.98 Å². The Hall–Kier alpha value is -1.36. The van der Waals surface area contributed by atoms with Crippen molar-refractivity contribution in [2.75, 3.05) is 0 Å². The van der Waals surface area contributed by atoms with Crippen LogP contribution < -0.4 is 0 Å². The molecule has 0 fully saturated rings. The monoisotopic (exact) mass is 254 g/mol. The standard InChI is InChI=1S/C9H7BrN2O2/c1-5-9(12(13)14)6-3-2-4-7(10)8(6)11-5/h2-4,11H,1H3. The van der Waals surface area contributed by atoms with Crippen LogP contribution in [0.4, 0.5) is 5.69 Å². The number of aromatic nitrogens is 1. The fourth-order valence-corrected chi connectivity index (χ4v) is 2.00. The van der Waals surface area contributed by atoms with Gasteiger partial charge in [0, 0.05) is 4.47 Å². The molecule has 0 aliphatic heterocycles. The Morgan fingerprint density at radius 3 is 2.86 bits per heavy atom. The first kappa shape index (κ1) is 9.21. The lowest BCUT2D eigenvalue weighted by molar-refractivity contribution is -0.383. The molecular weight excluding hydrogens is 248 g/mol. The Bertz CT molecular complexity index is 519. The van der Waals surface area contributed by atoms with Crippen molar-refractivity contribution in [3.63, 3.8) is 0 Å². The van der Waals surface area contributed by atoms with E-state index in [4.69, 9.17) is 0 Å². The third-order valence-corrected chi connectivity index (χ3v) is 2.78. The van der Waals surface area contributed by atoms with E-state index >= 15 is 0 Å². The summed E-state index contributed by atoms with van der Waals surface area (Å²) in [4.78, 5) is 13.4. The van der Waals surface area contributed by atoms with E-state index in [1.807, 2.05) is 6.07 Å². The molecule has 4 nitrogen and oxygen atoms in total. The van der Waals surface area contributed by atoms with Gasteiger partial charge in [-0.05, 0) is 35.0 Å². The molecule has 0 aliphatic carbocycles. The Balaban J connectivity index is 2.90. The second kappa shape index (κ2) is 3.09. The van der Waals surface area contributed by atoms with E-state index in [0.29, 0.717) is 11.1 Å². The van der Waals surface area contributed by atoms with Crippen LogP contribution in [0.2, 0.25) is 0 Å². The predicted octanol–water partition coefficient (Wildman–Crippen LogP) is 3.15. The first-order chi connectivity index (χ1) is 6.61. The minimum Gasteiger partial charge on any atom is -0.352 e. The van der Waals surface area contributed by atoms with E-state index in [9.17, 15) is 10.1 Å². The molecule has 0 atom stereocenters. The quantitative estimate of drug-likeness (QED) is 0.628. The van der Waals surface area contributed by atoms with Gasteiger partial charge in [-0.3, -0.25) is 10.1 Å². The molecule has 0 amide bonds. The number of H-pyrrole nitrogens is 1. The second-order valence-electron chi connectivity index (χ2n) is 3.02. The topological polar surface area (TPSA) is 58.9 Å². The van der Waals surface area contributed by atoms with Gasteiger partial charge in [-0.15, -0.1) is 0 Å². The van der Waals surface area contributed by atoms with Gasteiger partial charge in [0.1, 0.15) is 0 Å². The molecule has 2 aromatic rings. The van der Waals surface area contributed by atoms with Gasteiger partial charge in [0.05, 0.1) is 21.5 Å². The van der Waals surface area contributed by atoms with Crippen molar-refractivity contribution in [2.24, 2.45) is 0 Å². The fourth-order valence-electron chi connectivity index (χ4n) is 1.53. The maximum atomic E-state index is 10.8. The molecule has 2 rings (SSSR count). The van der Waals surface area contributed by atoms with E-state index in [1.54, 1.807) is 19.1 Å². The van der Waals surface area contributed by atoms with Gasteiger partial charge in [-0.2, -0.15) is 0 Å². The number of halogens is 1. The highest BCUT2D eigenvalue weighted by Crippen LogP contribution is 2.32. The number of fused-ring (bicyclic) bond motifs is 1. The first-order valence-corrected chi connectivity index (χ1v) is 4.81. The molecule has 1 aromatic carbocycles. The molecule has 1 aromatic heterocycles. The van der Waals surface area contributed by atoms with Crippen LogP contribution in [0.15, 0.2) is 22.7 Å². The van der Waals surface area contributed by atoms with Gasteiger partial charge in [-0.25, -0.2) is 0 Å². The predicted molar refractivity (Wildman–Crippen MR) is 57.4 cm³/mol. The van der Waals surface area contributed by atoms with Crippen LogP contribution >= 0.6 is 15.9 Å². The van der Waals surface area contributed by atoms with E-state index in [0.717, 1.165) is 9.99 Å². The van der Waals surface area contributed by atoms with Crippen LogP contribution in [0.5, 0.6) is 0 Å². The van der Waals surface area contributed by atoms with Crippen molar-refractivity contribution in [2.45, 2.75) is 6.92 Å². The fraction of sp³-hybridized carbons (Fsp3) is 0.111. The molecule has 0 saturated carbocycles. The number of rotatable bonds is 1. The van der Waals surface area contributed by atoms with E-state index in [2.05, 4.69) is 20.9 Å². The van der Waals surface area contributed by atoms with Crippen molar-refractivity contribution in [1.82, 2.24) is 4.98 Å². The molecule has 0 unspecified atom stereocenters. The van der Waals surface area contributed by atoms with Crippen LogP contribution in [0, 0.1) is 17.0 Å². The lowest BCUT2D eigenvalue weighted by Gasteiger charge is -1.91. The maximum absolute atomic E-state index is 10.8. The summed E-state index contributed by atoms with van der Waals surface area (Å²) in [5.41, 5.74) is 1.51. The third kappa shape index (κ3) is 1.21. The molecule has 1 N–H and O–H groups in total. The molecule has 0 bridgehead atoms. The van der Waals surface area contributed by atoms with Gasteiger partial charge >= 0.3 is 0 Å². The maximum Gasteiger partial charge on any atom is 0.297 e. The van der Waals surface area contributed by atoms with Crippen LogP contribution in [0.3, 0.4) is 0 Å². The Morgan fingerprint density at radius 2 is 2.21 bits per heavy atom. The lowest BCUT2D eigenvalue weighted by Crippen LogP contribution is -1.88. The molecule has 5 heteroatoms. The minimum absolute atomic E-state index is 0.154. The zero-order chi connectivity index (χ0) is 10.3.